The number of carbonyl (C=O) groups excluding carboxylic acids is 1. The first kappa shape index (κ1) is 18.7. The van der Waals surface area contributed by atoms with Crippen molar-refractivity contribution in [1.29, 1.82) is 0 Å². The number of ether oxygens (including phenoxy) is 1. The number of rotatable bonds is 7. The molecule has 0 aliphatic carbocycles. The number of carbonyl (C=O) groups is 1. The minimum Gasteiger partial charge on any atom is -0.471 e. The van der Waals surface area contributed by atoms with Crippen LogP contribution in [0.4, 0.5) is 0 Å². The lowest BCUT2D eigenvalue weighted by Gasteiger charge is -2.15. The minimum atomic E-state index is -0.131. The molecular formula is C20H25N5O2. The van der Waals surface area contributed by atoms with Gasteiger partial charge in [0.25, 0.3) is 5.91 Å². The summed E-state index contributed by atoms with van der Waals surface area (Å²) in [6, 6.07) is 9.51. The van der Waals surface area contributed by atoms with Crippen molar-refractivity contribution in [2.24, 2.45) is 0 Å². The van der Waals surface area contributed by atoms with Gasteiger partial charge in [-0.05, 0) is 38.5 Å². The summed E-state index contributed by atoms with van der Waals surface area (Å²) in [6.45, 7) is 7.62. The largest absolute Gasteiger partial charge is 0.471 e. The van der Waals surface area contributed by atoms with Gasteiger partial charge in [-0.2, -0.15) is 10.2 Å². The van der Waals surface area contributed by atoms with Crippen molar-refractivity contribution in [1.82, 2.24) is 24.5 Å². The highest BCUT2D eigenvalue weighted by molar-refractivity contribution is 5.91. The lowest BCUT2D eigenvalue weighted by atomic mass is 10.2. The smallest absolute Gasteiger partial charge is 0.274 e. The van der Waals surface area contributed by atoms with Crippen LogP contribution >= 0.6 is 0 Å². The molecule has 0 aliphatic rings. The number of aromatic nitrogens is 4. The average Bonchev–Trinajstić information content (AvgIpc) is 3.27. The Labute approximate surface area is 159 Å². The first-order chi connectivity index (χ1) is 13.0. The van der Waals surface area contributed by atoms with E-state index in [-0.39, 0.29) is 12.6 Å². The van der Waals surface area contributed by atoms with Gasteiger partial charge in [0.1, 0.15) is 5.75 Å². The second-order valence-electron chi connectivity index (χ2n) is 6.51. The third-order valence-electron chi connectivity index (χ3n) is 4.56. The maximum absolute atomic E-state index is 12.7. The van der Waals surface area contributed by atoms with Crippen LogP contribution in [0.5, 0.6) is 5.75 Å². The molecule has 3 rings (SSSR count). The zero-order chi connectivity index (χ0) is 19.4. The summed E-state index contributed by atoms with van der Waals surface area (Å²) in [6.07, 6.45) is 3.57. The Morgan fingerprint density at radius 3 is 2.70 bits per heavy atom. The predicted molar refractivity (Wildman–Crippen MR) is 102 cm³/mol. The van der Waals surface area contributed by atoms with Crippen LogP contribution in [0.3, 0.4) is 0 Å². The third kappa shape index (κ3) is 4.19. The highest BCUT2D eigenvalue weighted by Crippen LogP contribution is 2.17. The predicted octanol–water partition coefficient (Wildman–Crippen LogP) is 3.03. The molecule has 7 nitrogen and oxygen atoms in total. The van der Waals surface area contributed by atoms with Crippen molar-refractivity contribution in [2.45, 2.75) is 40.6 Å². The van der Waals surface area contributed by atoms with Crippen molar-refractivity contribution < 1.29 is 9.53 Å². The number of hydrogen-bond donors (Lipinski definition) is 0. The molecule has 142 valence electrons. The van der Waals surface area contributed by atoms with E-state index in [2.05, 4.69) is 10.2 Å². The van der Waals surface area contributed by atoms with Crippen LogP contribution in [0.2, 0.25) is 0 Å². The Bertz CT molecular complexity index is 928. The van der Waals surface area contributed by atoms with E-state index in [0.29, 0.717) is 12.2 Å². The molecule has 0 spiro atoms. The van der Waals surface area contributed by atoms with Gasteiger partial charge >= 0.3 is 0 Å². The number of aryl methyl sites for hydroxylation is 2. The van der Waals surface area contributed by atoms with Gasteiger partial charge in [0.05, 0.1) is 6.20 Å². The molecule has 0 unspecified atom stereocenters. The van der Waals surface area contributed by atoms with E-state index in [0.717, 1.165) is 29.1 Å². The van der Waals surface area contributed by atoms with Gasteiger partial charge in [0, 0.05) is 37.6 Å². The Morgan fingerprint density at radius 1 is 1.22 bits per heavy atom. The number of para-hydroxylation sites is 1. The van der Waals surface area contributed by atoms with E-state index in [1.165, 1.54) is 0 Å². The lowest BCUT2D eigenvalue weighted by molar-refractivity contribution is 0.0777. The number of hydrogen-bond acceptors (Lipinski definition) is 4. The Hall–Kier alpha value is -3.09. The molecule has 2 aromatic heterocycles. The normalized spacial score (nSPS) is 10.8. The molecule has 2 heterocycles. The molecule has 0 N–H and O–H groups in total. The van der Waals surface area contributed by atoms with Gasteiger partial charge in [0.2, 0.25) is 0 Å². The molecule has 7 heteroatoms. The summed E-state index contributed by atoms with van der Waals surface area (Å²) in [4.78, 5) is 14.3. The van der Waals surface area contributed by atoms with Crippen LogP contribution in [-0.2, 0) is 19.8 Å². The lowest BCUT2D eigenvalue weighted by Crippen LogP contribution is -2.27. The Kier molecular flexibility index (Phi) is 5.59. The van der Waals surface area contributed by atoms with Crippen molar-refractivity contribution >= 4 is 5.91 Å². The fraction of sp³-hybridized carbons (Fsp3) is 0.350. The molecule has 0 bridgehead atoms. The molecule has 0 saturated carbocycles. The number of amides is 1. The summed E-state index contributed by atoms with van der Waals surface area (Å²) in [7, 11) is 1.77. The van der Waals surface area contributed by atoms with Crippen molar-refractivity contribution in [3.8, 4) is 5.75 Å². The second kappa shape index (κ2) is 8.07. The topological polar surface area (TPSA) is 65.2 Å². The second-order valence-corrected chi connectivity index (χ2v) is 6.51. The maximum Gasteiger partial charge on any atom is 0.274 e. The van der Waals surface area contributed by atoms with Crippen LogP contribution in [0.1, 0.15) is 34.2 Å². The first-order valence-corrected chi connectivity index (χ1v) is 8.98. The van der Waals surface area contributed by atoms with Crippen LogP contribution in [0.25, 0.3) is 0 Å². The van der Waals surface area contributed by atoms with Gasteiger partial charge in [0.15, 0.2) is 12.4 Å². The SMILES string of the molecule is CCn1ncc(CN(C)C(=O)c2ccn(COc3ccccc3C)n2)c1C. The molecule has 0 radical (unpaired) electrons. The monoisotopic (exact) mass is 367 g/mol. The van der Waals surface area contributed by atoms with Gasteiger partial charge < -0.3 is 9.64 Å². The van der Waals surface area contributed by atoms with E-state index in [4.69, 9.17) is 4.74 Å². The number of nitrogens with zero attached hydrogens (tertiary/aromatic N) is 5. The van der Waals surface area contributed by atoms with Crippen LogP contribution in [-0.4, -0.2) is 37.4 Å². The molecule has 1 aromatic carbocycles. The molecule has 0 aliphatic heterocycles. The summed E-state index contributed by atoms with van der Waals surface area (Å²) in [5, 5.41) is 8.67. The van der Waals surface area contributed by atoms with E-state index in [1.54, 1.807) is 28.9 Å². The fourth-order valence-corrected chi connectivity index (χ4v) is 2.88. The third-order valence-corrected chi connectivity index (χ3v) is 4.56. The minimum absolute atomic E-state index is 0.131. The van der Waals surface area contributed by atoms with E-state index in [1.807, 2.05) is 55.9 Å². The van der Waals surface area contributed by atoms with E-state index in [9.17, 15) is 4.79 Å². The highest BCUT2D eigenvalue weighted by Gasteiger charge is 2.17. The molecular weight excluding hydrogens is 342 g/mol. The van der Waals surface area contributed by atoms with Crippen LogP contribution in [0.15, 0.2) is 42.7 Å². The zero-order valence-electron chi connectivity index (χ0n) is 16.2. The summed E-state index contributed by atoms with van der Waals surface area (Å²) < 4.78 is 9.31. The molecule has 3 aromatic rings. The standard InChI is InChI=1S/C20H25N5O2/c1-5-25-16(3)17(12-21-25)13-23(4)20(26)18-10-11-24(22-18)14-27-19-9-7-6-8-15(19)2/h6-12H,5,13-14H2,1-4H3. The fourth-order valence-electron chi connectivity index (χ4n) is 2.88. The highest BCUT2D eigenvalue weighted by atomic mass is 16.5. The van der Waals surface area contributed by atoms with Gasteiger partial charge in [-0.25, -0.2) is 4.68 Å². The van der Waals surface area contributed by atoms with Gasteiger partial charge in [-0.1, -0.05) is 18.2 Å². The van der Waals surface area contributed by atoms with E-state index < -0.39 is 0 Å². The summed E-state index contributed by atoms with van der Waals surface area (Å²) in [5.74, 6) is 0.676. The van der Waals surface area contributed by atoms with E-state index >= 15 is 0 Å². The average molecular weight is 367 g/mol. The Balaban J connectivity index is 1.62. The van der Waals surface area contributed by atoms with Gasteiger partial charge in [-0.15, -0.1) is 0 Å². The molecule has 27 heavy (non-hydrogen) atoms. The van der Waals surface area contributed by atoms with Crippen molar-refractivity contribution in [3.63, 3.8) is 0 Å². The first-order valence-electron chi connectivity index (χ1n) is 8.98. The summed E-state index contributed by atoms with van der Waals surface area (Å²) in [5.41, 5.74) is 3.57. The Morgan fingerprint density at radius 2 is 2.00 bits per heavy atom. The summed E-state index contributed by atoms with van der Waals surface area (Å²) >= 11 is 0. The van der Waals surface area contributed by atoms with Crippen LogP contribution in [0, 0.1) is 13.8 Å². The maximum atomic E-state index is 12.7. The molecule has 0 fully saturated rings. The van der Waals surface area contributed by atoms with Gasteiger partial charge in [-0.3, -0.25) is 9.48 Å². The van der Waals surface area contributed by atoms with Crippen LogP contribution < -0.4 is 4.74 Å². The molecule has 0 saturated heterocycles. The van der Waals surface area contributed by atoms with Crippen molar-refractivity contribution in [2.75, 3.05) is 7.05 Å². The quantitative estimate of drug-likeness (QED) is 0.644. The zero-order valence-corrected chi connectivity index (χ0v) is 16.2. The number of benzene rings is 1. The van der Waals surface area contributed by atoms with Crippen molar-refractivity contribution in [3.05, 3.63) is 65.2 Å². The molecule has 0 atom stereocenters. The molecule has 1 amide bonds.